The number of ether oxygens (including phenoxy) is 1. The maximum absolute atomic E-state index is 12.2. The SMILES string of the molecule is CCOC(=O)CCC(=O)Nc1cc(C)nn1-c1nc(C)c(CC)c(=O)[nH]1. The van der Waals surface area contributed by atoms with Crippen LogP contribution in [0.25, 0.3) is 5.95 Å². The van der Waals surface area contributed by atoms with Crippen molar-refractivity contribution in [3.63, 3.8) is 0 Å². The Labute approximate surface area is 150 Å². The number of carbonyl (C=O) groups excluding carboxylic acids is 2. The molecule has 2 N–H and O–H groups in total. The average Bonchev–Trinajstić information content (AvgIpc) is 2.93. The molecular formula is C17H23N5O4. The molecule has 0 bridgehead atoms. The van der Waals surface area contributed by atoms with Crippen LogP contribution in [0, 0.1) is 13.8 Å². The van der Waals surface area contributed by atoms with Gasteiger partial charge in [0.2, 0.25) is 11.9 Å². The predicted octanol–water partition coefficient (Wildman–Crippen LogP) is 1.42. The molecule has 0 atom stereocenters. The van der Waals surface area contributed by atoms with E-state index < -0.39 is 5.97 Å². The summed E-state index contributed by atoms with van der Waals surface area (Å²) in [6.07, 6.45) is 0.553. The van der Waals surface area contributed by atoms with Crippen molar-refractivity contribution in [2.45, 2.75) is 47.0 Å². The fraction of sp³-hybridized carbons (Fsp3) is 0.471. The lowest BCUT2D eigenvalue weighted by Crippen LogP contribution is -2.22. The Bertz CT molecular complexity index is 869. The Kier molecular flexibility index (Phi) is 6.26. The number of H-pyrrole nitrogens is 1. The summed E-state index contributed by atoms with van der Waals surface area (Å²) < 4.78 is 6.17. The Morgan fingerprint density at radius 3 is 2.62 bits per heavy atom. The van der Waals surface area contributed by atoms with Gasteiger partial charge in [0.05, 0.1) is 18.7 Å². The Hall–Kier alpha value is -2.97. The van der Waals surface area contributed by atoms with Crippen LogP contribution in [-0.2, 0) is 20.7 Å². The number of esters is 1. The van der Waals surface area contributed by atoms with Crippen LogP contribution in [0.1, 0.15) is 43.6 Å². The third-order valence-corrected chi connectivity index (χ3v) is 3.72. The minimum atomic E-state index is -0.427. The highest BCUT2D eigenvalue weighted by Gasteiger charge is 2.15. The van der Waals surface area contributed by atoms with Crippen molar-refractivity contribution in [2.75, 3.05) is 11.9 Å². The second-order valence-electron chi connectivity index (χ2n) is 5.74. The van der Waals surface area contributed by atoms with E-state index in [0.29, 0.717) is 29.2 Å². The molecule has 2 aromatic rings. The largest absolute Gasteiger partial charge is 0.466 e. The summed E-state index contributed by atoms with van der Waals surface area (Å²) in [6.45, 7) is 7.38. The van der Waals surface area contributed by atoms with Crippen LogP contribution in [0.2, 0.25) is 0 Å². The van der Waals surface area contributed by atoms with Crippen molar-refractivity contribution in [1.82, 2.24) is 19.7 Å². The Balaban J connectivity index is 2.22. The minimum absolute atomic E-state index is 0.00776. The zero-order chi connectivity index (χ0) is 19.3. The number of hydrogen-bond donors (Lipinski definition) is 2. The van der Waals surface area contributed by atoms with Gasteiger partial charge in [-0.1, -0.05) is 6.92 Å². The molecule has 0 saturated heterocycles. The van der Waals surface area contributed by atoms with Crippen molar-refractivity contribution < 1.29 is 14.3 Å². The van der Waals surface area contributed by atoms with E-state index in [-0.39, 0.29) is 36.9 Å². The van der Waals surface area contributed by atoms with Gasteiger partial charge in [0, 0.05) is 23.7 Å². The van der Waals surface area contributed by atoms with E-state index in [1.807, 2.05) is 6.92 Å². The second-order valence-corrected chi connectivity index (χ2v) is 5.74. The number of nitrogens with zero attached hydrogens (tertiary/aromatic N) is 3. The molecule has 140 valence electrons. The highest BCUT2D eigenvalue weighted by Crippen LogP contribution is 2.15. The number of carbonyl (C=O) groups is 2. The van der Waals surface area contributed by atoms with Gasteiger partial charge in [-0.15, -0.1) is 0 Å². The van der Waals surface area contributed by atoms with Crippen molar-refractivity contribution in [1.29, 1.82) is 0 Å². The number of aromatic nitrogens is 4. The number of aromatic amines is 1. The number of amides is 1. The van der Waals surface area contributed by atoms with Gasteiger partial charge < -0.3 is 10.1 Å². The third-order valence-electron chi connectivity index (χ3n) is 3.72. The van der Waals surface area contributed by atoms with E-state index in [4.69, 9.17) is 4.74 Å². The topological polar surface area (TPSA) is 119 Å². The summed E-state index contributed by atoms with van der Waals surface area (Å²) in [6, 6.07) is 1.66. The Morgan fingerprint density at radius 2 is 2.00 bits per heavy atom. The fourth-order valence-electron chi connectivity index (χ4n) is 2.52. The van der Waals surface area contributed by atoms with E-state index >= 15 is 0 Å². The first kappa shape index (κ1) is 19.4. The molecule has 9 nitrogen and oxygen atoms in total. The molecule has 0 aromatic carbocycles. The third kappa shape index (κ3) is 4.56. The van der Waals surface area contributed by atoms with Crippen LogP contribution in [0.5, 0.6) is 0 Å². The van der Waals surface area contributed by atoms with Gasteiger partial charge in [0.25, 0.3) is 5.56 Å². The number of nitrogens with one attached hydrogen (secondary N) is 2. The lowest BCUT2D eigenvalue weighted by atomic mass is 10.2. The van der Waals surface area contributed by atoms with Gasteiger partial charge in [-0.05, 0) is 27.2 Å². The lowest BCUT2D eigenvalue weighted by molar-refractivity contribution is -0.144. The highest BCUT2D eigenvalue weighted by atomic mass is 16.5. The molecule has 0 radical (unpaired) electrons. The molecule has 2 aromatic heterocycles. The molecule has 26 heavy (non-hydrogen) atoms. The van der Waals surface area contributed by atoms with Crippen LogP contribution in [0.3, 0.4) is 0 Å². The van der Waals surface area contributed by atoms with Gasteiger partial charge in [0.15, 0.2) is 0 Å². The van der Waals surface area contributed by atoms with Gasteiger partial charge in [0.1, 0.15) is 5.82 Å². The van der Waals surface area contributed by atoms with E-state index in [2.05, 4.69) is 20.4 Å². The quantitative estimate of drug-likeness (QED) is 0.720. The summed E-state index contributed by atoms with van der Waals surface area (Å²) in [5.74, 6) is -0.200. The molecule has 0 aliphatic heterocycles. The molecular weight excluding hydrogens is 338 g/mol. The molecule has 2 rings (SSSR count). The van der Waals surface area contributed by atoms with Crippen molar-refractivity contribution in [3.05, 3.63) is 33.4 Å². The first-order chi connectivity index (χ1) is 12.3. The minimum Gasteiger partial charge on any atom is -0.466 e. The van der Waals surface area contributed by atoms with Gasteiger partial charge in [-0.2, -0.15) is 9.78 Å². The van der Waals surface area contributed by atoms with E-state index in [1.165, 1.54) is 4.68 Å². The van der Waals surface area contributed by atoms with Crippen LogP contribution in [0.15, 0.2) is 10.9 Å². The van der Waals surface area contributed by atoms with Crippen LogP contribution in [-0.4, -0.2) is 38.2 Å². The molecule has 2 heterocycles. The van der Waals surface area contributed by atoms with Crippen molar-refractivity contribution in [2.24, 2.45) is 0 Å². The molecule has 0 aliphatic rings. The first-order valence-corrected chi connectivity index (χ1v) is 8.48. The van der Waals surface area contributed by atoms with E-state index in [0.717, 1.165) is 0 Å². The van der Waals surface area contributed by atoms with Crippen LogP contribution >= 0.6 is 0 Å². The van der Waals surface area contributed by atoms with Crippen LogP contribution in [0.4, 0.5) is 5.82 Å². The number of rotatable bonds is 7. The Morgan fingerprint density at radius 1 is 1.27 bits per heavy atom. The molecule has 0 unspecified atom stereocenters. The molecule has 0 spiro atoms. The highest BCUT2D eigenvalue weighted by molar-refractivity contribution is 5.92. The molecule has 0 fully saturated rings. The maximum Gasteiger partial charge on any atom is 0.306 e. The van der Waals surface area contributed by atoms with Gasteiger partial charge in [-0.3, -0.25) is 19.4 Å². The molecule has 9 heteroatoms. The standard InChI is InChI=1S/C17H23N5O4/c1-5-12-11(4)18-17(20-16(12)25)22-13(9-10(3)21-22)19-14(23)7-8-15(24)26-6-2/h9H,5-8H2,1-4H3,(H,19,23)(H,18,20,25). The monoisotopic (exact) mass is 361 g/mol. The smallest absolute Gasteiger partial charge is 0.306 e. The zero-order valence-corrected chi connectivity index (χ0v) is 15.4. The average molecular weight is 361 g/mol. The number of aryl methyl sites for hydroxylation is 2. The summed E-state index contributed by atoms with van der Waals surface area (Å²) in [4.78, 5) is 42.7. The summed E-state index contributed by atoms with van der Waals surface area (Å²) >= 11 is 0. The maximum atomic E-state index is 12.2. The zero-order valence-electron chi connectivity index (χ0n) is 15.4. The van der Waals surface area contributed by atoms with Gasteiger partial charge in [-0.25, -0.2) is 4.98 Å². The predicted molar refractivity (Wildman–Crippen MR) is 95.3 cm³/mol. The molecule has 1 amide bonds. The van der Waals surface area contributed by atoms with Crippen molar-refractivity contribution in [3.8, 4) is 5.95 Å². The normalized spacial score (nSPS) is 10.6. The summed E-state index contributed by atoms with van der Waals surface area (Å²) in [7, 11) is 0. The van der Waals surface area contributed by atoms with Crippen molar-refractivity contribution >= 4 is 17.7 Å². The first-order valence-electron chi connectivity index (χ1n) is 8.48. The lowest BCUT2D eigenvalue weighted by Gasteiger charge is -2.10. The summed E-state index contributed by atoms with van der Waals surface area (Å²) in [5, 5.41) is 6.96. The number of anilines is 1. The summed E-state index contributed by atoms with van der Waals surface area (Å²) in [5.41, 5.74) is 1.63. The van der Waals surface area contributed by atoms with E-state index in [1.54, 1.807) is 26.8 Å². The van der Waals surface area contributed by atoms with Crippen LogP contribution < -0.4 is 10.9 Å². The van der Waals surface area contributed by atoms with E-state index in [9.17, 15) is 14.4 Å². The van der Waals surface area contributed by atoms with Gasteiger partial charge >= 0.3 is 5.97 Å². The molecule has 0 aliphatic carbocycles. The molecule has 0 saturated carbocycles. The fourth-order valence-corrected chi connectivity index (χ4v) is 2.52. The second kappa shape index (κ2) is 8.41. The number of hydrogen-bond acceptors (Lipinski definition) is 6.